The van der Waals surface area contributed by atoms with Gasteiger partial charge < -0.3 is 5.32 Å². The summed E-state index contributed by atoms with van der Waals surface area (Å²) >= 11 is 1.50. The maximum absolute atomic E-state index is 13.3. The van der Waals surface area contributed by atoms with Crippen LogP contribution in [-0.4, -0.2) is 27.6 Å². The van der Waals surface area contributed by atoms with Gasteiger partial charge in [-0.3, -0.25) is 9.20 Å². The molecule has 2 heterocycles. The highest BCUT2D eigenvalue weighted by Gasteiger charge is 2.40. The van der Waals surface area contributed by atoms with Crippen molar-refractivity contribution < 1.29 is 9.18 Å². The monoisotopic (exact) mass is 341 g/mol. The van der Waals surface area contributed by atoms with Crippen LogP contribution in [0.1, 0.15) is 28.4 Å². The lowest BCUT2D eigenvalue weighted by molar-refractivity contribution is 0.0947. The first-order valence-corrected chi connectivity index (χ1v) is 8.97. The van der Waals surface area contributed by atoms with Crippen LogP contribution in [0.4, 0.5) is 4.39 Å². The molecule has 0 unspecified atom stereocenters. The van der Waals surface area contributed by atoms with Gasteiger partial charge >= 0.3 is 0 Å². The zero-order valence-corrected chi connectivity index (χ0v) is 13.9. The number of carbonyl (C=O) groups is 1. The molecule has 0 bridgehead atoms. The van der Waals surface area contributed by atoms with Gasteiger partial charge in [0.1, 0.15) is 5.82 Å². The second-order valence-corrected chi connectivity index (χ2v) is 6.65. The molecule has 0 radical (unpaired) electrons. The van der Waals surface area contributed by atoms with Crippen LogP contribution in [0, 0.1) is 5.82 Å². The Bertz CT molecular complexity index is 924. The van der Waals surface area contributed by atoms with E-state index in [0.29, 0.717) is 5.69 Å². The number of nitrogens with one attached hydrogen (secondary N) is 1. The number of halogens is 1. The molecule has 122 valence electrons. The summed E-state index contributed by atoms with van der Waals surface area (Å²) in [5.41, 5.74) is 2.16. The third-order valence-corrected chi connectivity index (χ3v) is 4.95. The molecule has 4 nitrogen and oxygen atoms in total. The molecule has 6 heteroatoms. The van der Waals surface area contributed by atoms with E-state index < -0.39 is 0 Å². The van der Waals surface area contributed by atoms with Crippen LogP contribution in [0.2, 0.25) is 0 Å². The minimum absolute atomic E-state index is 0.0393. The van der Waals surface area contributed by atoms with Crippen LogP contribution in [-0.2, 0) is 0 Å². The van der Waals surface area contributed by atoms with Crippen molar-refractivity contribution in [1.29, 1.82) is 0 Å². The second-order valence-electron chi connectivity index (χ2n) is 5.88. The van der Waals surface area contributed by atoms with E-state index in [1.54, 1.807) is 6.07 Å². The molecule has 1 saturated carbocycles. The van der Waals surface area contributed by atoms with E-state index in [-0.39, 0.29) is 23.7 Å². The van der Waals surface area contributed by atoms with E-state index in [1.807, 2.05) is 41.1 Å². The Morgan fingerprint density at radius 2 is 2.21 bits per heavy atom. The van der Waals surface area contributed by atoms with Gasteiger partial charge in [0.25, 0.3) is 5.91 Å². The highest BCUT2D eigenvalue weighted by atomic mass is 32.2. The normalized spacial score (nSPS) is 19.4. The minimum atomic E-state index is -0.241. The quantitative estimate of drug-likeness (QED) is 0.739. The Labute approximate surface area is 143 Å². The number of hydrogen-bond acceptors (Lipinski definition) is 3. The van der Waals surface area contributed by atoms with E-state index in [0.717, 1.165) is 22.7 Å². The van der Waals surface area contributed by atoms with E-state index in [1.165, 1.54) is 23.9 Å². The molecule has 1 aliphatic rings. The minimum Gasteiger partial charge on any atom is -0.347 e. The summed E-state index contributed by atoms with van der Waals surface area (Å²) in [4.78, 5) is 17.1. The Morgan fingerprint density at radius 1 is 1.33 bits per heavy atom. The predicted molar refractivity (Wildman–Crippen MR) is 92.0 cm³/mol. The molecular formula is C18H16FN3OS. The molecule has 0 saturated heterocycles. The Kier molecular flexibility index (Phi) is 3.76. The summed E-state index contributed by atoms with van der Waals surface area (Å²) in [6.07, 6.45) is 4.66. The summed E-state index contributed by atoms with van der Waals surface area (Å²) < 4.78 is 15.2. The molecule has 0 aliphatic heterocycles. The number of pyridine rings is 1. The predicted octanol–water partition coefficient (Wildman–Crippen LogP) is 3.48. The first-order chi connectivity index (χ1) is 11.7. The van der Waals surface area contributed by atoms with Crippen molar-refractivity contribution in [2.75, 3.05) is 6.26 Å². The molecule has 1 fully saturated rings. The second kappa shape index (κ2) is 5.94. The molecule has 2 atom stereocenters. The average molecular weight is 341 g/mol. The number of rotatable bonds is 4. The first-order valence-electron chi connectivity index (χ1n) is 7.75. The molecular weight excluding hydrogens is 325 g/mol. The van der Waals surface area contributed by atoms with Crippen molar-refractivity contribution in [1.82, 2.24) is 14.7 Å². The van der Waals surface area contributed by atoms with Gasteiger partial charge in [-0.15, -0.1) is 0 Å². The highest BCUT2D eigenvalue weighted by molar-refractivity contribution is 7.98. The number of nitrogens with zero attached hydrogens (tertiary/aromatic N) is 2. The van der Waals surface area contributed by atoms with Gasteiger partial charge in [0.15, 0.2) is 10.9 Å². The van der Waals surface area contributed by atoms with E-state index in [4.69, 9.17) is 0 Å². The van der Waals surface area contributed by atoms with Crippen molar-refractivity contribution in [3.63, 3.8) is 0 Å². The van der Waals surface area contributed by atoms with Crippen LogP contribution < -0.4 is 5.32 Å². The summed E-state index contributed by atoms with van der Waals surface area (Å²) in [6.45, 7) is 0. The van der Waals surface area contributed by atoms with E-state index in [9.17, 15) is 9.18 Å². The number of imidazole rings is 1. The SMILES string of the molecule is CSc1nc(C(=O)N[C@H]2C[C@@H]2c2cccc(F)c2)c2ccccn12. The smallest absolute Gasteiger partial charge is 0.272 e. The summed E-state index contributed by atoms with van der Waals surface area (Å²) in [5, 5.41) is 3.81. The molecule has 24 heavy (non-hydrogen) atoms. The molecule has 1 N–H and O–H groups in total. The number of thioether (sulfide) groups is 1. The summed E-state index contributed by atoms with van der Waals surface area (Å²) in [5.74, 6) is -0.240. The van der Waals surface area contributed by atoms with Crippen LogP contribution in [0.25, 0.3) is 5.52 Å². The molecule has 0 spiro atoms. The number of benzene rings is 1. The number of aromatic nitrogens is 2. The number of amides is 1. The Balaban J connectivity index is 1.54. The zero-order valence-electron chi connectivity index (χ0n) is 13.1. The molecule has 1 aromatic carbocycles. The molecule has 1 aliphatic carbocycles. The largest absolute Gasteiger partial charge is 0.347 e. The first kappa shape index (κ1) is 15.2. The average Bonchev–Trinajstić information content (AvgIpc) is 3.25. The third-order valence-electron chi connectivity index (χ3n) is 4.30. The topological polar surface area (TPSA) is 46.4 Å². The van der Waals surface area contributed by atoms with Crippen molar-refractivity contribution in [3.05, 3.63) is 65.7 Å². The molecule has 2 aromatic heterocycles. The fraction of sp³-hybridized carbons (Fsp3) is 0.222. The van der Waals surface area contributed by atoms with E-state index >= 15 is 0 Å². The Hall–Kier alpha value is -2.34. The van der Waals surface area contributed by atoms with Crippen LogP contribution in [0.15, 0.2) is 53.8 Å². The maximum atomic E-state index is 13.3. The molecule has 4 rings (SSSR count). The maximum Gasteiger partial charge on any atom is 0.272 e. The van der Waals surface area contributed by atoms with Gasteiger partial charge in [0.2, 0.25) is 0 Å². The van der Waals surface area contributed by atoms with Gasteiger partial charge in [0.05, 0.1) is 5.52 Å². The molecule has 1 amide bonds. The summed E-state index contributed by atoms with van der Waals surface area (Å²) in [7, 11) is 0. The lowest BCUT2D eigenvalue weighted by Crippen LogP contribution is -2.27. The van der Waals surface area contributed by atoms with Gasteiger partial charge in [-0.1, -0.05) is 30.0 Å². The highest BCUT2D eigenvalue weighted by Crippen LogP contribution is 2.41. The van der Waals surface area contributed by atoms with Crippen molar-refractivity contribution in [3.8, 4) is 0 Å². The van der Waals surface area contributed by atoms with Gasteiger partial charge in [-0.25, -0.2) is 9.37 Å². The third kappa shape index (κ3) is 2.67. The lowest BCUT2D eigenvalue weighted by Gasteiger charge is -2.04. The van der Waals surface area contributed by atoms with Crippen molar-refractivity contribution in [2.24, 2.45) is 0 Å². The number of fused-ring (bicyclic) bond motifs is 1. The van der Waals surface area contributed by atoms with Gasteiger partial charge in [-0.2, -0.15) is 0 Å². The lowest BCUT2D eigenvalue weighted by atomic mass is 10.1. The van der Waals surface area contributed by atoms with E-state index in [2.05, 4.69) is 10.3 Å². The van der Waals surface area contributed by atoms with Crippen LogP contribution >= 0.6 is 11.8 Å². The number of carbonyl (C=O) groups excluding carboxylic acids is 1. The Morgan fingerprint density at radius 3 is 3.00 bits per heavy atom. The van der Waals surface area contributed by atoms with Gasteiger partial charge in [-0.05, 0) is 42.5 Å². The fourth-order valence-corrected chi connectivity index (χ4v) is 3.56. The van der Waals surface area contributed by atoms with Crippen molar-refractivity contribution >= 4 is 23.2 Å². The zero-order chi connectivity index (χ0) is 16.7. The standard InChI is InChI=1S/C18H16FN3OS/c1-24-18-21-16(15-7-2-3-8-22(15)18)17(23)20-14-10-13(14)11-5-4-6-12(19)9-11/h2-9,13-14H,10H2,1H3,(H,20,23)/t13-,14+/m1/s1. The number of hydrogen-bond donors (Lipinski definition) is 1. The van der Waals surface area contributed by atoms with Crippen molar-refractivity contribution in [2.45, 2.75) is 23.5 Å². The van der Waals surface area contributed by atoms with Gasteiger partial charge in [0, 0.05) is 18.2 Å². The molecule has 3 aromatic rings. The van der Waals surface area contributed by atoms with Crippen LogP contribution in [0.3, 0.4) is 0 Å². The summed E-state index contributed by atoms with van der Waals surface area (Å²) in [6, 6.07) is 12.3. The fourth-order valence-electron chi connectivity index (χ4n) is 3.02. The van der Waals surface area contributed by atoms with Crippen LogP contribution in [0.5, 0.6) is 0 Å².